The van der Waals surface area contributed by atoms with E-state index in [1.54, 1.807) is 17.4 Å². The molecule has 0 saturated heterocycles. The van der Waals surface area contributed by atoms with Crippen LogP contribution in [0.4, 0.5) is 5.69 Å². The number of nitro groups is 1. The molecule has 8 nitrogen and oxygen atoms in total. The fourth-order valence-electron chi connectivity index (χ4n) is 3.78. The number of nitrogens with zero attached hydrogens (tertiary/aromatic N) is 3. The van der Waals surface area contributed by atoms with Crippen molar-refractivity contribution in [3.8, 4) is 11.3 Å². The molecule has 0 bridgehead atoms. The number of nitro benzene ring substituents is 1. The van der Waals surface area contributed by atoms with Crippen molar-refractivity contribution >= 4 is 23.0 Å². The number of ketones is 1. The van der Waals surface area contributed by atoms with Gasteiger partial charge in [-0.3, -0.25) is 19.3 Å². The zero-order chi connectivity index (χ0) is 23.7. The van der Waals surface area contributed by atoms with E-state index in [1.165, 1.54) is 36.7 Å². The highest BCUT2D eigenvalue weighted by Gasteiger charge is 2.23. The molecule has 4 rings (SSSR count). The molecule has 0 aliphatic rings. The van der Waals surface area contributed by atoms with Crippen LogP contribution in [-0.4, -0.2) is 32.7 Å². The number of benzene rings is 2. The van der Waals surface area contributed by atoms with Crippen molar-refractivity contribution in [1.82, 2.24) is 9.38 Å². The van der Waals surface area contributed by atoms with Crippen molar-refractivity contribution in [2.75, 3.05) is 6.61 Å². The first kappa shape index (κ1) is 21.9. The Bertz CT molecular complexity index is 1400. The van der Waals surface area contributed by atoms with E-state index < -0.39 is 16.7 Å². The second-order valence-electron chi connectivity index (χ2n) is 7.64. The van der Waals surface area contributed by atoms with Gasteiger partial charge in [-0.2, -0.15) is 0 Å². The van der Waals surface area contributed by atoms with Crippen LogP contribution >= 0.6 is 0 Å². The highest BCUT2D eigenvalue weighted by Crippen LogP contribution is 2.27. The van der Waals surface area contributed by atoms with Crippen LogP contribution in [-0.2, 0) is 4.74 Å². The van der Waals surface area contributed by atoms with Gasteiger partial charge in [-0.05, 0) is 50.6 Å². The number of fused-ring (bicyclic) bond motifs is 1. The molecular weight excluding hydrogens is 422 g/mol. The third-order valence-electron chi connectivity index (χ3n) is 5.39. The summed E-state index contributed by atoms with van der Waals surface area (Å²) in [5.74, 6) is -0.938. The average molecular weight is 443 g/mol. The Balaban J connectivity index is 1.86. The van der Waals surface area contributed by atoms with Gasteiger partial charge in [-0.15, -0.1) is 0 Å². The first-order chi connectivity index (χ1) is 15.8. The summed E-state index contributed by atoms with van der Waals surface area (Å²) in [6.45, 7) is 5.90. The van der Waals surface area contributed by atoms with Crippen LogP contribution in [0.3, 0.4) is 0 Å². The number of carbonyl (C=O) groups is 2. The third kappa shape index (κ3) is 4.10. The van der Waals surface area contributed by atoms with Crippen LogP contribution in [0.15, 0.2) is 60.9 Å². The summed E-state index contributed by atoms with van der Waals surface area (Å²) in [6.07, 6.45) is 1.51. The molecule has 0 spiro atoms. The minimum absolute atomic E-state index is 0.112. The van der Waals surface area contributed by atoms with Gasteiger partial charge in [0, 0.05) is 23.3 Å². The van der Waals surface area contributed by atoms with E-state index in [0.717, 1.165) is 16.7 Å². The number of carbonyl (C=O) groups excluding carboxylic acids is 2. The lowest BCUT2D eigenvalue weighted by Gasteiger charge is -2.09. The highest BCUT2D eigenvalue weighted by molar-refractivity contribution is 6.11. The molecule has 166 valence electrons. The molecule has 4 aromatic rings. The lowest BCUT2D eigenvalue weighted by molar-refractivity contribution is -0.384. The van der Waals surface area contributed by atoms with Gasteiger partial charge in [-0.25, -0.2) is 9.78 Å². The molecular formula is C25H21N3O5. The predicted octanol–water partition coefficient (Wildman–Crippen LogP) is 4.93. The van der Waals surface area contributed by atoms with Gasteiger partial charge >= 0.3 is 5.97 Å². The molecule has 2 heterocycles. The summed E-state index contributed by atoms with van der Waals surface area (Å²) in [4.78, 5) is 40.8. The van der Waals surface area contributed by atoms with Crippen molar-refractivity contribution < 1.29 is 19.2 Å². The molecule has 0 N–H and O–H groups in total. The van der Waals surface area contributed by atoms with Crippen LogP contribution in [0.5, 0.6) is 0 Å². The maximum atomic E-state index is 13.2. The second-order valence-corrected chi connectivity index (χ2v) is 7.64. The number of aryl methyl sites for hydroxylation is 2. The summed E-state index contributed by atoms with van der Waals surface area (Å²) < 4.78 is 6.75. The summed E-state index contributed by atoms with van der Waals surface area (Å²) >= 11 is 0. The van der Waals surface area contributed by atoms with Gasteiger partial charge < -0.3 is 4.74 Å². The second kappa shape index (κ2) is 8.66. The quantitative estimate of drug-likeness (QED) is 0.181. The molecule has 8 heteroatoms. The van der Waals surface area contributed by atoms with Gasteiger partial charge in [0.2, 0.25) is 5.78 Å². The van der Waals surface area contributed by atoms with Gasteiger partial charge in [0.15, 0.2) is 0 Å². The first-order valence-electron chi connectivity index (χ1n) is 10.3. The molecule has 0 fully saturated rings. The Morgan fingerprint density at radius 3 is 2.42 bits per heavy atom. The molecule has 0 aliphatic heterocycles. The van der Waals surface area contributed by atoms with Crippen molar-refractivity contribution in [1.29, 1.82) is 0 Å². The average Bonchev–Trinajstić information content (AvgIpc) is 3.18. The predicted molar refractivity (Wildman–Crippen MR) is 123 cm³/mol. The largest absolute Gasteiger partial charge is 0.462 e. The lowest BCUT2D eigenvalue weighted by atomic mass is 10.0. The van der Waals surface area contributed by atoms with Crippen molar-refractivity contribution in [3.63, 3.8) is 0 Å². The summed E-state index contributed by atoms with van der Waals surface area (Å²) in [5, 5.41) is 10.9. The molecule has 0 atom stereocenters. The summed E-state index contributed by atoms with van der Waals surface area (Å²) in [6, 6.07) is 14.6. The van der Waals surface area contributed by atoms with Gasteiger partial charge in [-0.1, -0.05) is 23.8 Å². The highest BCUT2D eigenvalue weighted by atomic mass is 16.6. The Morgan fingerprint density at radius 1 is 1.06 bits per heavy atom. The smallest absolute Gasteiger partial charge is 0.340 e. The van der Waals surface area contributed by atoms with E-state index in [2.05, 4.69) is 11.1 Å². The topological polar surface area (TPSA) is 104 Å². The maximum Gasteiger partial charge on any atom is 0.340 e. The fourth-order valence-corrected chi connectivity index (χ4v) is 3.78. The lowest BCUT2D eigenvalue weighted by Crippen LogP contribution is -2.06. The first-order valence-corrected chi connectivity index (χ1v) is 10.3. The summed E-state index contributed by atoms with van der Waals surface area (Å²) in [5.41, 5.74) is 4.84. The molecule has 0 saturated carbocycles. The zero-order valence-electron chi connectivity index (χ0n) is 18.4. The third-order valence-corrected chi connectivity index (χ3v) is 5.39. The number of ether oxygens (including phenoxy) is 1. The standard InChI is InChI=1S/C25H21N3O5/c1-4-33-25(30)20-12-23(24(29)17-6-8-18(9-7-17)28(31)32)27-14-26-21(13-22(20)27)19-10-5-15(2)11-16(19)3/h5-14H,4H2,1-3H3. The van der Waals surface area contributed by atoms with Crippen LogP contribution in [0, 0.1) is 24.0 Å². The van der Waals surface area contributed by atoms with E-state index in [9.17, 15) is 19.7 Å². The fraction of sp³-hybridized carbons (Fsp3) is 0.160. The minimum atomic E-state index is -0.546. The number of hydrogen-bond acceptors (Lipinski definition) is 6. The van der Waals surface area contributed by atoms with Crippen molar-refractivity contribution in [2.45, 2.75) is 20.8 Å². The van der Waals surface area contributed by atoms with E-state index in [4.69, 9.17) is 4.74 Å². The Kier molecular flexibility index (Phi) is 5.74. The number of rotatable bonds is 6. The van der Waals surface area contributed by atoms with E-state index >= 15 is 0 Å². The number of aromatic nitrogens is 2. The molecule has 2 aromatic carbocycles. The molecule has 33 heavy (non-hydrogen) atoms. The van der Waals surface area contributed by atoms with Gasteiger partial charge in [0.1, 0.15) is 6.33 Å². The Hall–Kier alpha value is -4.33. The van der Waals surface area contributed by atoms with Gasteiger partial charge in [0.25, 0.3) is 5.69 Å². The number of esters is 1. The van der Waals surface area contributed by atoms with Crippen LogP contribution in [0.1, 0.15) is 44.5 Å². The Morgan fingerprint density at radius 2 is 1.79 bits per heavy atom. The summed E-state index contributed by atoms with van der Waals surface area (Å²) in [7, 11) is 0. The molecule has 2 aromatic heterocycles. The molecule has 0 aliphatic carbocycles. The normalized spacial score (nSPS) is 10.9. The van der Waals surface area contributed by atoms with Gasteiger partial charge in [0.05, 0.1) is 34.0 Å². The van der Waals surface area contributed by atoms with Crippen molar-refractivity contribution in [3.05, 3.63) is 99.0 Å². The number of non-ortho nitro benzene ring substituents is 1. The minimum Gasteiger partial charge on any atom is -0.462 e. The van der Waals surface area contributed by atoms with E-state index in [-0.39, 0.29) is 29.1 Å². The van der Waals surface area contributed by atoms with Crippen molar-refractivity contribution in [2.24, 2.45) is 0 Å². The van der Waals surface area contributed by atoms with E-state index in [1.807, 2.05) is 26.0 Å². The monoisotopic (exact) mass is 443 g/mol. The van der Waals surface area contributed by atoms with Crippen LogP contribution in [0.25, 0.3) is 16.8 Å². The number of hydrogen-bond donors (Lipinski definition) is 0. The van der Waals surface area contributed by atoms with Crippen LogP contribution < -0.4 is 0 Å². The molecule has 0 unspecified atom stereocenters. The zero-order valence-corrected chi connectivity index (χ0v) is 18.4. The van der Waals surface area contributed by atoms with Crippen LogP contribution in [0.2, 0.25) is 0 Å². The Labute approximate surface area is 189 Å². The molecule has 0 amide bonds. The van der Waals surface area contributed by atoms with E-state index in [0.29, 0.717) is 11.2 Å². The molecule has 0 radical (unpaired) electrons. The SMILES string of the molecule is CCOC(=O)c1cc(C(=O)c2ccc([N+](=O)[O-])cc2)n2cnc(-c3ccc(C)cc3C)cc12. The maximum absolute atomic E-state index is 13.2.